The van der Waals surface area contributed by atoms with Crippen LogP contribution < -0.4 is 16.1 Å². The normalized spacial score (nSPS) is 17.5. The number of benzene rings is 1. The predicted octanol–water partition coefficient (Wildman–Crippen LogP) is 1.87. The Hall–Kier alpha value is -1.93. The fraction of sp³-hybridized carbons (Fsp3) is 0.526. The summed E-state index contributed by atoms with van der Waals surface area (Å²) in [6, 6.07) is 8.34. The van der Waals surface area contributed by atoms with Crippen molar-refractivity contribution in [2.75, 3.05) is 20.2 Å². The van der Waals surface area contributed by atoms with Crippen LogP contribution in [0.15, 0.2) is 30.5 Å². The maximum Gasteiger partial charge on any atom is 0.244 e. The molecule has 1 aliphatic heterocycles. The molecule has 1 aliphatic rings. The standard InChI is InChI=1S/C19H28N4O3/c1-20-14-23-13-15(16-6-2-3-7-17(16)23)12-21-10-9-18(24)22-26-19-8-4-5-11-25-19/h2-3,6-7,13,19-21H,4-5,8-12,14H2,1H3,(H,22,24). The predicted molar refractivity (Wildman–Crippen MR) is 100 cm³/mol. The van der Waals surface area contributed by atoms with E-state index in [-0.39, 0.29) is 12.2 Å². The average Bonchev–Trinajstić information content (AvgIpc) is 3.03. The van der Waals surface area contributed by atoms with E-state index in [1.54, 1.807) is 0 Å². The van der Waals surface area contributed by atoms with Crippen LogP contribution in [0.1, 0.15) is 31.2 Å². The molecule has 7 nitrogen and oxygen atoms in total. The number of hydroxylamine groups is 1. The third kappa shape index (κ3) is 5.04. The Labute approximate surface area is 154 Å². The first kappa shape index (κ1) is 18.8. The summed E-state index contributed by atoms with van der Waals surface area (Å²) in [7, 11) is 1.94. The van der Waals surface area contributed by atoms with Gasteiger partial charge >= 0.3 is 0 Å². The summed E-state index contributed by atoms with van der Waals surface area (Å²) >= 11 is 0. The van der Waals surface area contributed by atoms with Crippen molar-refractivity contribution in [3.8, 4) is 0 Å². The summed E-state index contributed by atoms with van der Waals surface area (Å²) in [4.78, 5) is 17.1. The highest BCUT2D eigenvalue weighted by molar-refractivity contribution is 5.84. The van der Waals surface area contributed by atoms with Crippen LogP contribution in [-0.4, -0.2) is 37.0 Å². The summed E-state index contributed by atoms with van der Waals surface area (Å²) in [6.07, 6.45) is 5.17. The van der Waals surface area contributed by atoms with Gasteiger partial charge in [0.15, 0.2) is 6.29 Å². The highest BCUT2D eigenvalue weighted by Gasteiger charge is 2.15. The molecule has 0 radical (unpaired) electrons. The van der Waals surface area contributed by atoms with Crippen LogP contribution in [0.25, 0.3) is 10.9 Å². The number of carbonyl (C=O) groups excluding carboxylic acids is 1. The quantitative estimate of drug-likeness (QED) is 0.470. The lowest BCUT2D eigenvalue weighted by atomic mass is 10.2. The van der Waals surface area contributed by atoms with Gasteiger partial charge in [-0.1, -0.05) is 18.2 Å². The summed E-state index contributed by atoms with van der Waals surface area (Å²) in [5, 5.41) is 7.75. The van der Waals surface area contributed by atoms with Crippen molar-refractivity contribution in [2.45, 2.75) is 45.2 Å². The number of rotatable bonds is 9. The Kier molecular flexibility index (Phi) is 7.02. The molecule has 1 unspecified atom stereocenters. The number of nitrogens with zero attached hydrogens (tertiary/aromatic N) is 1. The van der Waals surface area contributed by atoms with E-state index in [9.17, 15) is 4.79 Å². The van der Waals surface area contributed by atoms with Crippen molar-refractivity contribution in [3.05, 3.63) is 36.0 Å². The Morgan fingerprint density at radius 2 is 2.23 bits per heavy atom. The molecule has 1 fully saturated rings. The summed E-state index contributed by atoms with van der Waals surface area (Å²) in [5.41, 5.74) is 4.92. The van der Waals surface area contributed by atoms with Crippen molar-refractivity contribution in [1.82, 2.24) is 20.7 Å². The second-order valence-electron chi connectivity index (χ2n) is 6.52. The van der Waals surface area contributed by atoms with Gasteiger partial charge in [0.1, 0.15) is 0 Å². The Balaban J connectivity index is 1.42. The molecule has 2 aromatic rings. The molecule has 0 aliphatic carbocycles. The maximum atomic E-state index is 11.9. The summed E-state index contributed by atoms with van der Waals surface area (Å²) < 4.78 is 7.61. The first-order chi connectivity index (χ1) is 12.8. The van der Waals surface area contributed by atoms with Gasteiger partial charge in [-0.3, -0.25) is 4.79 Å². The molecular formula is C19H28N4O3. The van der Waals surface area contributed by atoms with Crippen molar-refractivity contribution in [1.29, 1.82) is 0 Å². The molecule has 3 N–H and O–H groups in total. The maximum absolute atomic E-state index is 11.9. The lowest BCUT2D eigenvalue weighted by Crippen LogP contribution is -2.34. The molecule has 2 heterocycles. The monoisotopic (exact) mass is 360 g/mol. The summed E-state index contributed by atoms with van der Waals surface area (Å²) in [6.45, 7) is 2.77. The third-order valence-corrected chi connectivity index (χ3v) is 4.49. The zero-order valence-electron chi connectivity index (χ0n) is 15.3. The molecule has 1 aromatic carbocycles. The van der Waals surface area contributed by atoms with Crippen molar-refractivity contribution >= 4 is 16.8 Å². The molecular weight excluding hydrogens is 332 g/mol. The molecule has 1 saturated heterocycles. The number of ether oxygens (including phenoxy) is 1. The van der Waals surface area contributed by atoms with Crippen LogP contribution in [0.5, 0.6) is 0 Å². The van der Waals surface area contributed by atoms with Gasteiger partial charge in [-0.05, 0) is 31.5 Å². The second kappa shape index (κ2) is 9.68. The minimum absolute atomic E-state index is 0.135. The van der Waals surface area contributed by atoms with Crippen LogP contribution >= 0.6 is 0 Å². The lowest BCUT2D eigenvalue weighted by Gasteiger charge is -2.22. The highest BCUT2D eigenvalue weighted by atomic mass is 16.8. The van der Waals surface area contributed by atoms with Crippen molar-refractivity contribution < 1.29 is 14.4 Å². The van der Waals surface area contributed by atoms with E-state index in [1.165, 1.54) is 16.5 Å². The number of hydrogen-bond acceptors (Lipinski definition) is 5. The third-order valence-electron chi connectivity index (χ3n) is 4.49. The lowest BCUT2D eigenvalue weighted by molar-refractivity contribution is -0.200. The van der Waals surface area contributed by atoms with Gasteiger partial charge in [-0.15, -0.1) is 0 Å². The van der Waals surface area contributed by atoms with E-state index in [0.29, 0.717) is 19.6 Å². The number of hydrogen-bond donors (Lipinski definition) is 3. The van der Waals surface area contributed by atoms with Gasteiger partial charge in [0.2, 0.25) is 5.91 Å². The molecule has 3 rings (SSSR count). The second-order valence-corrected chi connectivity index (χ2v) is 6.52. The van der Waals surface area contributed by atoms with E-state index >= 15 is 0 Å². The first-order valence-corrected chi connectivity index (χ1v) is 9.26. The van der Waals surface area contributed by atoms with Gasteiger partial charge < -0.3 is 19.9 Å². The highest BCUT2D eigenvalue weighted by Crippen LogP contribution is 2.20. The number of carbonyl (C=O) groups is 1. The smallest absolute Gasteiger partial charge is 0.244 e. The number of fused-ring (bicyclic) bond motifs is 1. The molecule has 7 heteroatoms. The molecule has 0 saturated carbocycles. The molecule has 142 valence electrons. The van der Waals surface area contributed by atoms with Crippen LogP contribution in [0.4, 0.5) is 0 Å². The van der Waals surface area contributed by atoms with Gasteiger partial charge in [0.05, 0.1) is 6.67 Å². The van der Waals surface area contributed by atoms with Gasteiger partial charge in [-0.25, -0.2) is 10.3 Å². The fourth-order valence-corrected chi connectivity index (χ4v) is 3.18. The van der Waals surface area contributed by atoms with Crippen molar-refractivity contribution in [2.24, 2.45) is 0 Å². The molecule has 1 atom stereocenters. The zero-order chi connectivity index (χ0) is 18.2. The van der Waals surface area contributed by atoms with Crippen molar-refractivity contribution in [3.63, 3.8) is 0 Å². The Bertz CT molecular complexity index is 710. The Morgan fingerprint density at radius 1 is 1.35 bits per heavy atom. The number of para-hydroxylation sites is 1. The molecule has 0 spiro atoms. The molecule has 1 amide bonds. The topological polar surface area (TPSA) is 76.6 Å². The van der Waals surface area contributed by atoms with Crippen LogP contribution in [0.3, 0.4) is 0 Å². The number of aromatic nitrogens is 1. The van der Waals surface area contributed by atoms with E-state index in [1.807, 2.05) is 19.2 Å². The zero-order valence-corrected chi connectivity index (χ0v) is 15.3. The van der Waals surface area contributed by atoms with Gasteiger partial charge in [0, 0.05) is 49.6 Å². The van der Waals surface area contributed by atoms with Crippen LogP contribution in [-0.2, 0) is 27.6 Å². The Morgan fingerprint density at radius 3 is 3.04 bits per heavy atom. The van der Waals surface area contributed by atoms with Crippen LogP contribution in [0.2, 0.25) is 0 Å². The summed E-state index contributed by atoms with van der Waals surface area (Å²) in [5.74, 6) is -0.135. The largest absolute Gasteiger partial charge is 0.350 e. The van der Waals surface area contributed by atoms with Gasteiger partial charge in [0.25, 0.3) is 0 Å². The van der Waals surface area contributed by atoms with E-state index in [0.717, 1.165) is 32.5 Å². The van der Waals surface area contributed by atoms with E-state index in [2.05, 4.69) is 39.0 Å². The minimum atomic E-state index is -0.307. The SMILES string of the molecule is CNCn1cc(CNCCC(=O)NOC2CCCCO2)c2ccccc21. The van der Waals surface area contributed by atoms with Gasteiger partial charge in [-0.2, -0.15) is 0 Å². The van der Waals surface area contributed by atoms with Crippen LogP contribution in [0, 0.1) is 0 Å². The number of nitrogens with one attached hydrogen (secondary N) is 3. The molecule has 26 heavy (non-hydrogen) atoms. The van der Waals surface area contributed by atoms with E-state index < -0.39 is 0 Å². The average molecular weight is 360 g/mol. The minimum Gasteiger partial charge on any atom is -0.350 e. The van der Waals surface area contributed by atoms with E-state index in [4.69, 9.17) is 9.57 Å². The fourth-order valence-electron chi connectivity index (χ4n) is 3.18. The molecule has 1 aromatic heterocycles. The molecule has 0 bridgehead atoms. The first-order valence-electron chi connectivity index (χ1n) is 9.26. The number of amides is 1.